The fraction of sp³-hybridized carbons (Fsp3) is 0.562. The molecule has 1 aromatic rings. The fourth-order valence-corrected chi connectivity index (χ4v) is 2.53. The van der Waals surface area contributed by atoms with Crippen molar-refractivity contribution < 1.29 is 14.3 Å². The molecule has 2 N–H and O–H groups in total. The van der Waals surface area contributed by atoms with Gasteiger partial charge in [-0.05, 0) is 38.5 Å². The van der Waals surface area contributed by atoms with Crippen LogP contribution in [0.2, 0.25) is 0 Å². The topological polar surface area (TPSA) is 64.8 Å². The number of benzene rings is 1. The van der Waals surface area contributed by atoms with Crippen LogP contribution >= 0.6 is 0 Å². The summed E-state index contributed by atoms with van der Waals surface area (Å²) in [5, 5.41) is 0. The highest BCUT2D eigenvalue weighted by atomic mass is 16.6. The third-order valence-electron chi connectivity index (χ3n) is 3.54. The number of carbonyl (C=O) groups is 1. The summed E-state index contributed by atoms with van der Waals surface area (Å²) in [4.78, 5) is 13.8. The molecule has 0 aromatic heterocycles. The van der Waals surface area contributed by atoms with Crippen LogP contribution in [0.15, 0.2) is 24.3 Å². The molecule has 2 rings (SSSR count). The first kappa shape index (κ1) is 15.6. The molecule has 1 aliphatic rings. The normalized spacial score (nSPS) is 22.2. The quantitative estimate of drug-likeness (QED) is 0.909. The molecular formula is C16H24N2O3. The SMILES string of the molecule is COc1cccc([C@@H]2CN(C(=O)OC(C)(C)C)C[C@@H]2N)c1. The molecule has 2 atom stereocenters. The molecule has 1 saturated heterocycles. The van der Waals surface area contributed by atoms with E-state index in [0.29, 0.717) is 13.1 Å². The van der Waals surface area contributed by atoms with E-state index in [1.54, 1.807) is 12.0 Å². The highest BCUT2D eigenvalue weighted by Crippen LogP contribution is 2.29. The molecule has 1 aliphatic heterocycles. The molecule has 5 nitrogen and oxygen atoms in total. The summed E-state index contributed by atoms with van der Waals surface area (Å²) in [6, 6.07) is 7.74. The predicted molar refractivity (Wildman–Crippen MR) is 81.5 cm³/mol. The maximum Gasteiger partial charge on any atom is 0.410 e. The first-order valence-electron chi connectivity index (χ1n) is 7.17. The minimum absolute atomic E-state index is 0.0929. The monoisotopic (exact) mass is 292 g/mol. The van der Waals surface area contributed by atoms with E-state index in [-0.39, 0.29) is 18.1 Å². The molecule has 5 heteroatoms. The second-order valence-corrected chi connectivity index (χ2v) is 6.43. The number of hydrogen-bond acceptors (Lipinski definition) is 4. The highest BCUT2D eigenvalue weighted by molar-refractivity contribution is 5.69. The van der Waals surface area contributed by atoms with Gasteiger partial charge >= 0.3 is 6.09 Å². The molecule has 1 fully saturated rings. The maximum absolute atomic E-state index is 12.1. The van der Waals surface area contributed by atoms with Gasteiger partial charge in [0.1, 0.15) is 11.4 Å². The smallest absolute Gasteiger partial charge is 0.410 e. The lowest BCUT2D eigenvalue weighted by molar-refractivity contribution is 0.0290. The van der Waals surface area contributed by atoms with Crippen molar-refractivity contribution >= 4 is 6.09 Å². The van der Waals surface area contributed by atoms with Gasteiger partial charge in [0.15, 0.2) is 0 Å². The lowest BCUT2D eigenvalue weighted by Gasteiger charge is -2.24. The van der Waals surface area contributed by atoms with Crippen molar-refractivity contribution in [2.24, 2.45) is 5.73 Å². The lowest BCUT2D eigenvalue weighted by atomic mass is 9.95. The summed E-state index contributed by atoms with van der Waals surface area (Å²) in [5.41, 5.74) is 6.80. The van der Waals surface area contributed by atoms with Crippen molar-refractivity contribution in [3.63, 3.8) is 0 Å². The fourth-order valence-electron chi connectivity index (χ4n) is 2.53. The van der Waals surface area contributed by atoms with Gasteiger partial charge in [0.05, 0.1) is 7.11 Å². The molecule has 21 heavy (non-hydrogen) atoms. The van der Waals surface area contributed by atoms with Crippen LogP contribution in [-0.2, 0) is 4.74 Å². The summed E-state index contributed by atoms with van der Waals surface area (Å²) in [7, 11) is 1.64. The Morgan fingerprint density at radius 2 is 2.05 bits per heavy atom. The van der Waals surface area contributed by atoms with Crippen molar-refractivity contribution in [2.75, 3.05) is 20.2 Å². The Balaban J connectivity index is 2.08. The third kappa shape index (κ3) is 3.88. The molecule has 1 heterocycles. The van der Waals surface area contributed by atoms with Crippen LogP contribution in [0.1, 0.15) is 32.3 Å². The second kappa shape index (κ2) is 5.93. The molecule has 0 unspecified atom stereocenters. The van der Waals surface area contributed by atoms with Crippen LogP contribution in [-0.4, -0.2) is 42.8 Å². The zero-order valence-corrected chi connectivity index (χ0v) is 13.1. The molecule has 0 radical (unpaired) electrons. The van der Waals surface area contributed by atoms with Crippen LogP contribution in [0.25, 0.3) is 0 Å². The van der Waals surface area contributed by atoms with Gasteiger partial charge < -0.3 is 20.1 Å². The number of nitrogens with two attached hydrogens (primary N) is 1. The Morgan fingerprint density at radius 1 is 1.33 bits per heavy atom. The summed E-state index contributed by atoms with van der Waals surface area (Å²) in [6.07, 6.45) is -0.302. The van der Waals surface area contributed by atoms with Crippen LogP contribution in [0.4, 0.5) is 4.79 Å². The van der Waals surface area contributed by atoms with Crippen LogP contribution < -0.4 is 10.5 Å². The number of nitrogens with zero attached hydrogens (tertiary/aromatic N) is 1. The van der Waals surface area contributed by atoms with Crippen LogP contribution in [0, 0.1) is 0 Å². The minimum Gasteiger partial charge on any atom is -0.497 e. The van der Waals surface area contributed by atoms with E-state index in [2.05, 4.69) is 0 Å². The van der Waals surface area contributed by atoms with Gasteiger partial charge in [-0.2, -0.15) is 0 Å². The number of likely N-dealkylation sites (tertiary alicyclic amines) is 1. The van der Waals surface area contributed by atoms with Gasteiger partial charge in [-0.1, -0.05) is 12.1 Å². The molecule has 0 bridgehead atoms. The first-order valence-corrected chi connectivity index (χ1v) is 7.17. The van der Waals surface area contributed by atoms with E-state index in [0.717, 1.165) is 11.3 Å². The van der Waals surface area contributed by atoms with E-state index in [1.165, 1.54) is 0 Å². The van der Waals surface area contributed by atoms with Gasteiger partial charge in [0, 0.05) is 25.0 Å². The zero-order valence-electron chi connectivity index (χ0n) is 13.1. The molecule has 1 amide bonds. The minimum atomic E-state index is -0.491. The number of methoxy groups -OCH3 is 1. The molecule has 0 saturated carbocycles. The van der Waals surface area contributed by atoms with Gasteiger partial charge in [-0.25, -0.2) is 4.79 Å². The summed E-state index contributed by atoms with van der Waals surface area (Å²) in [5.74, 6) is 0.906. The Bertz CT molecular complexity index is 510. The Labute approximate surface area is 126 Å². The average Bonchev–Trinajstić information content (AvgIpc) is 2.79. The van der Waals surface area contributed by atoms with Gasteiger partial charge in [0.25, 0.3) is 0 Å². The van der Waals surface area contributed by atoms with E-state index in [1.807, 2.05) is 45.0 Å². The number of ether oxygens (including phenoxy) is 2. The highest BCUT2D eigenvalue weighted by Gasteiger charge is 2.36. The Kier molecular flexibility index (Phi) is 4.42. The summed E-state index contributed by atoms with van der Waals surface area (Å²) < 4.78 is 10.6. The van der Waals surface area contributed by atoms with E-state index in [4.69, 9.17) is 15.2 Å². The van der Waals surface area contributed by atoms with Crippen molar-refractivity contribution in [1.29, 1.82) is 0 Å². The average molecular weight is 292 g/mol. The van der Waals surface area contributed by atoms with Crippen LogP contribution in [0.5, 0.6) is 5.75 Å². The van der Waals surface area contributed by atoms with Crippen molar-refractivity contribution in [3.8, 4) is 5.75 Å². The van der Waals surface area contributed by atoms with Crippen molar-refractivity contribution in [1.82, 2.24) is 4.90 Å². The zero-order chi connectivity index (χ0) is 15.6. The van der Waals surface area contributed by atoms with Gasteiger partial charge in [-0.3, -0.25) is 0 Å². The largest absolute Gasteiger partial charge is 0.497 e. The number of rotatable bonds is 2. The van der Waals surface area contributed by atoms with E-state index >= 15 is 0 Å². The lowest BCUT2D eigenvalue weighted by Crippen LogP contribution is -2.36. The van der Waals surface area contributed by atoms with Crippen molar-refractivity contribution in [2.45, 2.75) is 38.3 Å². The number of amides is 1. The van der Waals surface area contributed by atoms with Crippen LogP contribution in [0.3, 0.4) is 0 Å². The second-order valence-electron chi connectivity index (χ2n) is 6.43. The summed E-state index contributed by atoms with van der Waals surface area (Å²) >= 11 is 0. The Hall–Kier alpha value is -1.75. The number of carbonyl (C=O) groups excluding carboxylic acids is 1. The third-order valence-corrected chi connectivity index (χ3v) is 3.54. The molecule has 0 spiro atoms. The van der Waals surface area contributed by atoms with E-state index in [9.17, 15) is 4.79 Å². The molecule has 0 aliphatic carbocycles. The first-order chi connectivity index (χ1) is 9.80. The maximum atomic E-state index is 12.1. The van der Waals surface area contributed by atoms with Gasteiger partial charge in [-0.15, -0.1) is 0 Å². The Morgan fingerprint density at radius 3 is 2.67 bits per heavy atom. The number of hydrogen-bond donors (Lipinski definition) is 1. The van der Waals surface area contributed by atoms with E-state index < -0.39 is 5.60 Å². The molecular weight excluding hydrogens is 268 g/mol. The molecule has 1 aromatic carbocycles. The van der Waals surface area contributed by atoms with Crippen molar-refractivity contribution in [3.05, 3.63) is 29.8 Å². The molecule has 116 valence electrons. The van der Waals surface area contributed by atoms with Gasteiger partial charge in [0.2, 0.25) is 0 Å². The summed E-state index contributed by atoms with van der Waals surface area (Å²) in [6.45, 7) is 6.67. The predicted octanol–water partition coefficient (Wildman–Crippen LogP) is 2.36. The standard InChI is InChI=1S/C16H24N2O3/c1-16(2,3)21-15(19)18-9-13(14(17)10-18)11-6-5-7-12(8-11)20-4/h5-8,13-14H,9-10,17H2,1-4H3/t13-,14-/m0/s1.